The van der Waals surface area contributed by atoms with Crippen LogP contribution in [-0.2, 0) is 9.59 Å². The van der Waals surface area contributed by atoms with E-state index in [1.807, 2.05) is 53.6 Å². The highest BCUT2D eigenvalue weighted by Crippen LogP contribution is 2.39. The third-order valence-corrected chi connectivity index (χ3v) is 6.36. The molecule has 3 atom stereocenters. The predicted molar refractivity (Wildman–Crippen MR) is 111 cm³/mol. The van der Waals surface area contributed by atoms with Gasteiger partial charge in [-0.15, -0.1) is 11.3 Å². The maximum absolute atomic E-state index is 13.1. The number of nitrogens with zero attached hydrogens (tertiary/aromatic N) is 1. The highest BCUT2D eigenvalue weighted by Gasteiger charge is 2.44. The van der Waals surface area contributed by atoms with E-state index >= 15 is 0 Å². The second-order valence-electron chi connectivity index (χ2n) is 7.21. The van der Waals surface area contributed by atoms with Crippen molar-refractivity contribution in [1.82, 2.24) is 10.2 Å². The van der Waals surface area contributed by atoms with Crippen molar-refractivity contribution in [3.05, 3.63) is 52.2 Å². The number of carbonyl (C=O) groups excluding carboxylic acids is 2. The molecule has 0 unspecified atom stereocenters. The third-order valence-electron chi connectivity index (χ3n) is 5.31. The summed E-state index contributed by atoms with van der Waals surface area (Å²) in [6, 6.07) is 11.4. The Bertz CT molecular complexity index is 789. The Labute approximate surface area is 170 Å². The van der Waals surface area contributed by atoms with E-state index in [2.05, 4.69) is 12.2 Å². The van der Waals surface area contributed by atoms with E-state index in [-0.39, 0.29) is 36.2 Å². The van der Waals surface area contributed by atoms with Crippen molar-refractivity contribution in [1.29, 1.82) is 0 Å². The number of likely N-dealkylation sites (tertiary alicyclic amines) is 1. The molecule has 0 spiro atoms. The van der Waals surface area contributed by atoms with E-state index in [1.54, 1.807) is 18.4 Å². The van der Waals surface area contributed by atoms with Crippen LogP contribution in [0.5, 0.6) is 5.75 Å². The number of benzene rings is 1. The standard InChI is InChI=1S/C22H28N2O3S/c1-4-5-12-24-20(25)14-18(21(24)16-8-10-17(27-3)11-9-16)22(26)23-15(2)19-7-6-13-28-19/h6-11,13,15,18,21H,4-5,12,14H2,1-3H3,(H,23,26)/t15-,18+,21+/m1/s1. The molecule has 150 valence electrons. The summed E-state index contributed by atoms with van der Waals surface area (Å²) in [5, 5.41) is 5.12. The summed E-state index contributed by atoms with van der Waals surface area (Å²) in [7, 11) is 1.63. The molecular formula is C22H28N2O3S. The molecule has 2 heterocycles. The lowest BCUT2D eigenvalue weighted by Crippen LogP contribution is -2.37. The minimum atomic E-state index is -0.389. The van der Waals surface area contributed by atoms with E-state index < -0.39 is 0 Å². The first-order valence-electron chi connectivity index (χ1n) is 9.82. The number of unbranched alkanes of at least 4 members (excludes halogenated alkanes) is 1. The zero-order chi connectivity index (χ0) is 20.1. The molecule has 1 saturated heterocycles. The van der Waals surface area contributed by atoms with Crippen LogP contribution in [0.25, 0.3) is 0 Å². The van der Waals surface area contributed by atoms with Crippen molar-refractivity contribution in [2.45, 2.75) is 45.2 Å². The first kappa shape index (κ1) is 20.4. The summed E-state index contributed by atoms with van der Waals surface area (Å²) in [5.74, 6) is 0.368. The summed E-state index contributed by atoms with van der Waals surface area (Å²) in [6.45, 7) is 4.77. The number of hydrogen-bond acceptors (Lipinski definition) is 4. The largest absolute Gasteiger partial charge is 0.497 e. The number of ether oxygens (including phenoxy) is 1. The van der Waals surface area contributed by atoms with Crippen molar-refractivity contribution >= 4 is 23.2 Å². The van der Waals surface area contributed by atoms with Gasteiger partial charge in [0.2, 0.25) is 11.8 Å². The average molecular weight is 401 g/mol. The Morgan fingerprint density at radius 1 is 1.32 bits per heavy atom. The molecule has 28 heavy (non-hydrogen) atoms. The van der Waals surface area contributed by atoms with Crippen LogP contribution in [0.1, 0.15) is 55.6 Å². The summed E-state index contributed by atoms with van der Waals surface area (Å²) in [4.78, 5) is 28.8. The summed E-state index contributed by atoms with van der Waals surface area (Å²) >= 11 is 1.62. The van der Waals surface area contributed by atoms with Crippen LogP contribution in [-0.4, -0.2) is 30.4 Å². The SMILES string of the molecule is CCCCN1C(=O)C[C@H](C(=O)N[C@H](C)c2cccs2)[C@@H]1c1ccc(OC)cc1. The number of rotatable bonds is 8. The lowest BCUT2D eigenvalue weighted by atomic mass is 9.92. The molecule has 1 aliphatic rings. The summed E-state index contributed by atoms with van der Waals surface area (Å²) < 4.78 is 5.25. The number of amides is 2. The second kappa shape index (κ2) is 9.24. The number of methoxy groups -OCH3 is 1. The molecule has 1 fully saturated rings. The number of nitrogens with one attached hydrogen (secondary N) is 1. The fraction of sp³-hybridized carbons (Fsp3) is 0.455. The first-order chi connectivity index (χ1) is 13.5. The van der Waals surface area contributed by atoms with Crippen LogP contribution >= 0.6 is 11.3 Å². The maximum atomic E-state index is 13.1. The van der Waals surface area contributed by atoms with E-state index in [1.165, 1.54) is 0 Å². The minimum Gasteiger partial charge on any atom is -0.497 e. The van der Waals surface area contributed by atoms with Crippen molar-refractivity contribution in [3.8, 4) is 5.75 Å². The molecule has 0 radical (unpaired) electrons. The van der Waals surface area contributed by atoms with Crippen LogP contribution in [0.4, 0.5) is 0 Å². The molecular weight excluding hydrogens is 372 g/mol. The molecule has 1 aromatic carbocycles. The second-order valence-corrected chi connectivity index (χ2v) is 8.19. The van der Waals surface area contributed by atoms with Gasteiger partial charge in [0.25, 0.3) is 0 Å². The van der Waals surface area contributed by atoms with Gasteiger partial charge < -0.3 is 15.0 Å². The molecule has 2 amide bonds. The molecule has 0 aliphatic carbocycles. The lowest BCUT2D eigenvalue weighted by molar-refractivity contribution is -0.129. The molecule has 6 heteroatoms. The molecule has 2 aromatic rings. The van der Waals surface area contributed by atoms with E-state index in [0.29, 0.717) is 6.54 Å². The third kappa shape index (κ3) is 4.38. The van der Waals surface area contributed by atoms with Gasteiger partial charge in [0.05, 0.1) is 25.1 Å². The van der Waals surface area contributed by atoms with Crippen LogP contribution < -0.4 is 10.1 Å². The molecule has 1 aromatic heterocycles. The fourth-order valence-corrected chi connectivity index (χ4v) is 4.49. The Morgan fingerprint density at radius 3 is 2.68 bits per heavy atom. The smallest absolute Gasteiger partial charge is 0.226 e. The van der Waals surface area contributed by atoms with Gasteiger partial charge in [0, 0.05) is 17.8 Å². The van der Waals surface area contributed by atoms with Crippen LogP contribution in [0.3, 0.4) is 0 Å². The lowest BCUT2D eigenvalue weighted by Gasteiger charge is -2.29. The normalized spacial score (nSPS) is 20.2. The van der Waals surface area contributed by atoms with Crippen LogP contribution in [0, 0.1) is 5.92 Å². The van der Waals surface area contributed by atoms with Gasteiger partial charge in [-0.25, -0.2) is 0 Å². The predicted octanol–water partition coefficient (Wildman–Crippen LogP) is 4.32. The Balaban J connectivity index is 1.84. The molecule has 5 nitrogen and oxygen atoms in total. The van der Waals surface area contributed by atoms with Gasteiger partial charge in [0.1, 0.15) is 5.75 Å². The maximum Gasteiger partial charge on any atom is 0.226 e. The van der Waals surface area contributed by atoms with Crippen LogP contribution in [0.15, 0.2) is 41.8 Å². The van der Waals surface area contributed by atoms with Crippen molar-refractivity contribution in [3.63, 3.8) is 0 Å². The minimum absolute atomic E-state index is 0.0539. The van der Waals surface area contributed by atoms with E-state index in [0.717, 1.165) is 29.0 Å². The molecule has 3 rings (SSSR count). The van der Waals surface area contributed by atoms with Gasteiger partial charge in [-0.05, 0) is 42.5 Å². The Kier molecular flexibility index (Phi) is 6.73. The van der Waals surface area contributed by atoms with Crippen molar-refractivity contribution in [2.75, 3.05) is 13.7 Å². The molecule has 1 N–H and O–H groups in total. The first-order valence-corrected chi connectivity index (χ1v) is 10.7. The van der Waals surface area contributed by atoms with Crippen molar-refractivity contribution in [2.24, 2.45) is 5.92 Å². The monoisotopic (exact) mass is 400 g/mol. The van der Waals surface area contributed by atoms with E-state index in [9.17, 15) is 9.59 Å². The van der Waals surface area contributed by atoms with Gasteiger partial charge in [-0.1, -0.05) is 31.5 Å². The molecule has 1 aliphatic heterocycles. The van der Waals surface area contributed by atoms with Gasteiger partial charge >= 0.3 is 0 Å². The number of carbonyl (C=O) groups is 2. The van der Waals surface area contributed by atoms with Gasteiger partial charge in [-0.3, -0.25) is 9.59 Å². The zero-order valence-electron chi connectivity index (χ0n) is 16.7. The number of thiophene rings is 1. The van der Waals surface area contributed by atoms with Gasteiger partial charge in [0.15, 0.2) is 0 Å². The molecule has 0 bridgehead atoms. The van der Waals surface area contributed by atoms with E-state index in [4.69, 9.17) is 4.74 Å². The summed E-state index contributed by atoms with van der Waals surface area (Å²) in [5.41, 5.74) is 0.978. The highest BCUT2D eigenvalue weighted by atomic mass is 32.1. The Hall–Kier alpha value is -2.34. The zero-order valence-corrected chi connectivity index (χ0v) is 17.5. The average Bonchev–Trinajstić information content (AvgIpc) is 3.35. The van der Waals surface area contributed by atoms with Crippen molar-refractivity contribution < 1.29 is 14.3 Å². The van der Waals surface area contributed by atoms with Gasteiger partial charge in [-0.2, -0.15) is 0 Å². The number of hydrogen-bond donors (Lipinski definition) is 1. The molecule has 0 saturated carbocycles. The summed E-state index contributed by atoms with van der Waals surface area (Å²) in [6.07, 6.45) is 2.19. The fourth-order valence-electron chi connectivity index (χ4n) is 3.76. The Morgan fingerprint density at radius 2 is 2.07 bits per heavy atom. The quantitative estimate of drug-likeness (QED) is 0.718. The topological polar surface area (TPSA) is 58.6 Å². The van der Waals surface area contributed by atoms with Crippen LogP contribution in [0.2, 0.25) is 0 Å². The highest BCUT2D eigenvalue weighted by molar-refractivity contribution is 7.10.